The fraction of sp³-hybridized carbons (Fsp3) is 0.412. The van der Waals surface area contributed by atoms with Gasteiger partial charge in [0.15, 0.2) is 0 Å². The standard InChI is InChI=1S/C17H23NOS/c1-13(2)19-16-7-4-6-15(11-16)12-18-14(3)10-17-8-5-9-20-17/h4-9,11,13-14,18H,10,12H2,1-3H3. The average molecular weight is 289 g/mol. The molecule has 1 heterocycles. The third-order valence-electron chi connectivity index (χ3n) is 3.01. The van der Waals surface area contributed by atoms with Crippen LogP contribution < -0.4 is 10.1 Å². The highest BCUT2D eigenvalue weighted by atomic mass is 32.1. The number of hydrogen-bond donors (Lipinski definition) is 1. The molecule has 1 atom stereocenters. The van der Waals surface area contributed by atoms with Gasteiger partial charge in [-0.15, -0.1) is 11.3 Å². The molecule has 1 aromatic heterocycles. The summed E-state index contributed by atoms with van der Waals surface area (Å²) in [7, 11) is 0. The van der Waals surface area contributed by atoms with Crippen LogP contribution in [0.5, 0.6) is 5.75 Å². The van der Waals surface area contributed by atoms with E-state index in [4.69, 9.17) is 4.74 Å². The molecule has 2 nitrogen and oxygen atoms in total. The molecule has 1 N–H and O–H groups in total. The fourth-order valence-corrected chi connectivity index (χ4v) is 2.93. The average Bonchev–Trinajstić information content (AvgIpc) is 2.89. The van der Waals surface area contributed by atoms with Crippen molar-refractivity contribution >= 4 is 11.3 Å². The Labute approximate surface area is 125 Å². The van der Waals surface area contributed by atoms with E-state index >= 15 is 0 Å². The maximum Gasteiger partial charge on any atom is 0.120 e. The predicted molar refractivity (Wildman–Crippen MR) is 86.5 cm³/mol. The Balaban J connectivity index is 1.84. The molecule has 0 fully saturated rings. The minimum Gasteiger partial charge on any atom is -0.491 e. The molecule has 0 aliphatic carbocycles. The van der Waals surface area contributed by atoms with Gasteiger partial charge in [-0.05, 0) is 56.3 Å². The Hall–Kier alpha value is -1.32. The molecule has 0 saturated heterocycles. The van der Waals surface area contributed by atoms with Crippen LogP contribution in [0.3, 0.4) is 0 Å². The molecule has 3 heteroatoms. The second kappa shape index (κ2) is 7.46. The van der Waals surface area contributed by atoms with Crippen LogP contribution >= 0.6 is 11.3 Å². The van der Waals surface area contributed by atoms with Gasteiger partial charge in [-0.3, -0.25) is 0 Å². The molecule has 0 bridgehead atoms. The highest BCUT2D eigenvalue weighted by Gasteiger charge is 2.05. The SMILES string of the molecule is CC(Cc1cccs1)NCc1cccc(OC(C)C)c1. The van der Waals surface area contributed by atoms with Gasteiger partial charge >= 0.3 is 0 Å². The van der Waals surface area contributed by atoms with Gasteiger partial charge < -0.3 is 10.1 Å². The Morgan fingerprint density at radius 2 is 2.00 bits per heavy atom. The van der Waals surface area contributed by atoms with Crippen LogP contribution in [0.1, 0.15) is 31.2 Å². The van der Waals surface area contributed by atoms with Crippen molar-refractivity contribution in [1.82, 2.24) is 5.32 Å². The molecule has 0 amide bonds. The topological polar surface area (TPSA) is 21.3 Å². The summed E-state index contributed by atoms with van der Waals surface area (Å²) in [6.07, 6.45) is 1.30. The van der Waals surface area contributed by atoms with Crippen LogP contribution in [0, 0.1) is 0 Å². The number of thiophene rings is 1. The number of nitrogens with one attached hydrogen (secondary N) is 1. The predicted octanol–water partition coefficient (Wildman–Crippen LogP) is 4.26. The molecule has 0 aliphatic rings. The summed E-state index contributed by atoms with van der Waals surface area (Å²) in [5, 5.41) is 5.70. The van der Waals surface area contributed by atoms with Crippen molar-refractivity contribution in [3.8, 4) is 5.75 Å². The zero-order valence-corrected chi connectivity index (χ0v) is 13.2. The zero-order chi connectivity index (χ0) is 14.4. The van der Waals surface area contributed by atoms with Gasteiger partial charge in [0, 0.05) is 17.5 Å². The largest absolute Gasteiger partial charge is 0.491 e. The molecule has 0 saturated carbocycles. The van der Waals surface area contributed by atoms with E-state index < -0.39 is 0 Å². The third-order valence-corrected chi connectivity index (χ3v) is 3.91. The number of ether oxygens (including phenoxy) is 1. The quantitative estimate of drug-likeness (QED) is 0.822. The smallest absolute Gasteiger partial charge is 0.120 e. The summed E-state index contributed by atoms with van der Waals surface area (Å²) >= 11 is 1.82. The molecule has 0 radical (unpaired) electrons. The zero-order valence-electron chi connectivity index (χ0n) is 12.4. The Bertz CT molecular complexity index is 507. The fourth-order valence-electron chi connectivity index (χ4n) is 2.10. The molecule has 2 aromatic rings. The molecule has 2 rings (SSSR count). The summed E-state index contributed by atoms with van der Waals surface area (Å²) in [4.78, 5) is 1.43. The molecule has 0 spiro atoms. The number of rotatable bonds is 7. The second-order valence-corrected chi connectivity index (χ2v) is 6.41. The molecule has 1 unspecified atom stereocenters. The summed E-state index contributed by atoms with van der Waals surface area (Å²) in [5.74, 6) is 0.949. The van der Waals surface area contributed by atoms with E-state index in [1.807, 2.05) is 31.3 Å². The van der Waals surface area contributed by atoms with E-state index in [-0.39, 0.29) is 6.10 Å². The lowest BCUT2D eigenvalue weighted by atomic mass is 10.1. The van der Waals surface area contributed by atoms with Crippen LogP contribution in [0.2, 0.25) is 0 Å². The third kappa shape index (κ3) is 4.99. The van der Waals surface area contributed by atoms with Crippen molar-refractivity contribution < 1.29 is 4.74 Å². The number of hydrogen-bond acceptors (Lipinski definition) is 3. The number of benzene rings is 1. The van der Waals surface area contributed by atoms with E-state index in [1.165, 1.54) is 10.4 Å². The highest BCUT2D eigenvalue weighted by molar-refractivity contribution is 7.09. The van der Waals surface area contributed by atoms with Gasteiger partial charge in [-0.1, -0.05) is 18.2 Å². The maximum atomic E-state index is 5.72. The van der Waals surface area contributed by atoms with E-state index in [9.17, 15) is 0 Å². The Morgan fingerprint density at radius 1 is 1.15 bits per heavy atom. The van der Waals surface area contributed by atoms with Gasteiger partial charge in [0.05, 0.1) is 6.10 Å². The Morgan fingerprint density at radius 3 is 2.70 bits per heavy atom. The van der Waals surface area contributed by atoms with Gasteiger partial charge in [-0.25, -0.2) is 0 Å². The van der Waals surface area contributed by atoms with Crippen LogP contribution in [-0.2, 0) is 13.0 Å². The molecule has 20 heavy (non-hydrogen) atoms. The van der Waals surface area contributed by atoms with E-state index in [1.54, 1.807) is 0 Å². The van der Waals surface area contributed by atoms with Crippen molar-refractivity contribution in [3.05, 3.63) is 52.2 Å². The monoisotopic (exact) mass is 289 g/mol. The molecular weight excluding hydrogens is 266 g/mol. The maximum absolute atomic E-state index is 5.72. The molecule has 1 aromatic carbocycles. The van der Waals surface area contributed by atoms with Gasteiger partial charge in [0.1, 0.15) is 5.75 Å². The van der Waals surface area contributed by atoms with E-state index in [2.05, 4.69) is 48.0 Å². The summed E-state index contributed by atoms with van der Waals surface area (Å²) < 4.78 is 5.72. The van der Waals surface area contributed by atoms with Crippen LogP contribution in [0.15, 0.2) is 41.8 Å². The van der Waals surface area contributed by atoms with E-state index in [0.29, 0.717) is 6.04 Å². The van der Waals surface area contributed by atoms with E-state index in [0.717, 1.165) is 18.7 Å². The van der Waals surface area contributed by atoms with Gasteiger partial charge in [0.2, 0.25) is 0 Å². The first-order valence-electron chi connectivity index (χ1n) is 7.15. The molecular formula is C17H23NOS. The normalized spacial score (nSPS) is 12.6. The van der Waals surface area contributed by atoms with Gasteiger partial charge in [0.25, 0.3) is 0 Å². The van der Waals surface area contributed by atoms with Crippen molar-refractivity contribution in [3.63, 3.8) is 0 Å². The molecule has 0 aliphatic heterocycles. The summed E-state index contributed by atoms with van der Waals surface area (Å²) in [6.45, 7) is 7.21. The minimum atomic E-state index is 0.218. The second-order valence-electron chi connectivity index (χ2n) is 5.38. The van der Waals surface area contributed by atoms with Crippen LogP contribution in [-0.4, -0.2) is 12.1 Å². The van der Waals surface area contributed by atoms with Crippen molar-refractivity contribution in [2.24, 2.45) is 0 Å². The Kier molecular flexibility index (Phi) is 5.62. The first kappa shape index (κ1) is 15.1. The highest BCUT2D eigenvalue weighted by Crippen LogP contribution is 2.15. The lowest BCUT2D eigenvalue weighted by molar-refractivity contribution is 0.242. The van der Waals surface area contributed by atoms with Crippen molar-refractivity contribution in [2.45, 2.75) is 45.9 Å². The van der Waals surface area contributed by atoms with Crippen molar-refractivity contribution in [2.75, 3.05) is 0 Å². The lowest BCUT2D eigenvalue weighted by Crippen LogP contribution is -2.27. The lowest BCUT2D eigenvalue weighted by Gasteiger charge is -2.14. The first-order chi connectivity index (χ1) is 9.63. The summed E-state index contributed by atoms with van der Waals surface area (Å²) in [5.41, 5.74) is 1.26. The van der Waals surface area contributed by atoms with Crippen molar-refractivity contribution in [1.29, 1.82) is 0 Å². The first-order valence-corrected chi connectivity index (χ1v) is 8.03. The minimum absolute atomic E-state index is 0.218. The summed E-state index contributed by atoms with van der Waals surface area (Å²) in [6, 6.07) is 13.1. The van der Waals surface area contributed by atoms with Crippen LogP contribution in [0.25, 0.3) is 0 Å². The van der Waals surface area contributed by atoms with Crippen LogP contribution in [0.4, 0.5) is 0 Å². The molecule has 108 valence electrons. The van der Waals surface area contributed by atoms with Gasteiger partial charge in [-0.2, -0.15) is 0 Å².